The second-order valence-electron chi connectivity index (χ2n) is 5.65. The van der Waals surface area contributed by atoms with Crippen LogP contribution in [-0.2, 0) is 14.3 Å². The summed E-state index contributed by atoms with van der Waals surface area (Å²) in [7, 11) is 0. The monoisotopic (exact) mass is 353 g/mol. The number of benzene rings is 2. The second-order valence-corrected chi connectivity index (χ2v) is 5.65. The number of para-hydroxylation sites is 2. The molecule has 1 aliphatic heterocycles. The summed E-state index contributed by atoms with van der Waals surface area (Å²) < 4.78 is 16.2. The summed E-state index contributed by atoms with van der Waals surface area (Å²) in [6.07, 6.45) is 2.63. The Morgan fingerprint density at radius 2 is 1.81 bits per heavy atom. The molecule has 6 nitrogen and oxygen atoms in total. The maximum absolute atomic E-state index is 11.8. The molecule has 3 rings (SSSR count). The zero-order chi connectivity index (χ0) is 18.2. The van der Waals surface area contributed by atoms with Crippen LogP contribution in [0.1, 0.15) is 5.56 Å². The van der Waals surface area contributed by atoms with Crippen molar-refractivity contribution in [2.24, 2.45) is 0 Å². The Labute approximate surface area is 151 Å². The van der Waals surface area contributed by atoms with Crippen molar-refractivity contribution in [3.8, 4) is 11.5 Å². The fourth-order valence-corrected chi connectivity index (χ4v) is 2.36. The third kappa shape index (κ3) is 5.11. The van der Waals surface area contributed by atoms with Gasteiger partial charge in [0.2, 0.25) is 0 Å². The quantitative estimate of drug-likeness (QED) is 0.637. The van der Waals surface area contributed by atoms with Gasteiger partial charge in [0.25, 0.3) is 5.91 Å². The third-order valence-corrected chi connectivity index (χ3v) is 3.65. The molecule has 0 aromatic heterocycles. The SMILES string of the molecule is O=C(COC(=O)/C=C/c1ccccc1)NC[C@@H]1COc2ccccc2O1. The summed E-state index contributed by atoms with van der Waals surface area (Å²) in [5.41, 5.74) is 0.878. The third-order valence-electron chi connectivity index (χ3n) is 3.65. The van der Waals surface area contributed by atoms with E-state index < -0.39 is 11.9 Å². The van der Waals surface area contributed by atoms with E-state index >= 15 is 0 Å². The van der Waals surface area contributed by atoms with Gasteiger partial charge < -0.3 is 19.5 Å². The van der Waals surface area contributed by atoms with Crippen molar-refractivity contribution in [2.75, 3.05) is 19.8 Å². The average molecular weight is 353 g/mol. The molecule has 134 valence electrons. The van der Waals surface area contributed by atoms with Crippen molar-refractivity contribution in [1.82, 2.24) is 5.32 Å². The fraction of sp³-hybridized carbons (Fsp3) is 0.200. The Balaban J connectivity index is 1.37. The van der Waals surface area contributed by atoms with E-state index in [1.807, 2.05) is 54.6 Å². The molecular formula is C20H19NO5. The molecule has 1 aliphatic rings. The van der Waals surface area contributed by atoms with Gasteiger partial charge in [0.15, 0.2) is 18.1 Å². The fourth-order valence-electron chi connectivity index (χ4n) is 2.36. The predicted octanol–water partition coefficient (Wildman–Crippen LogP) is 2.20. The number of hydrogen-bond acceptors (Lipinski definition) is 5. The molecule has 0 spiro atoms. The summed E-state index contributed by atoms with van der Waals surface area (Å²) in [6.45, 7) is 0.267. The number of hydrogen-bond donors (Lipinski definition) is 1. The summed E-state index contributed by atoms with van der Waals surface area (Å²) in [5, 5.41) is 2.67. The molecule has 0 fully saturated rings. The van der Waals surface area contributed by atoms with Gasteiger partial charge in [-0.15, -0.1) is 0 Å². The number of amides is 1. The first kappa shape index (κ1) is 17.5. The minimum absolute atomic E-state index is 0.268. The van der Waals surface area contributed by atoms with E-state index in [1.54, 1.807) is 6.08 Å². The Kier molecular flexibility index (Phi) is 5.88. The first-order valence-electron chi connectivity index (χ1n) is 8.26. The molecule has 2 aromatic rings. The Morgan fingerprint density at radius 1 is 1.08 bits per heavy atom. The molecule has 1 heterocycles. The molecule has 0 saturated heterocycles. The Hall–Kier alpha value is -3.28. The Morgan fingerprint density at radius 3 is 2.62 bits per heavy atom. The van der Waals surface area contributed by atoms with Gasteiger partial charge in [-0.25, -0.2) is 4.79 Å². The summed E-state index contributed by atoms with van der Waals surface area (Å²) in [5.74, 6) is 0.369. The first-order valence-corrected chi connectivity index (χ1v) is 8.26. The lowest BCUT2D eigenvalue weighted by molar-refractivity contribution is -0.143. The van der Waals surface area contributed by atoms with E-state index in [0.29, 0.717) is 18.1 Å². The largest absolute Gasteiger partial charge is 0.486 e. The zero-order valence-electron chi connectivity index (χ0n) is 14.1. The summed E-state index contributed by atoms with van der Waals surface area (Å²) in [4.78, 5) is 23.4. The van der Waals surface area contributed by atoms with E-state index in [1.165, 1.54) is 6.08 Å². The van der Waals surface area contributed by atoms with Crippen molar-refractivity contribution < 1.29 is 23.8 Å². The highest BCUT2D eigenvalue weighted by Gasteiger charge is 2.21. The van der Waals surface area contributed by atoms with Crippen LogP contribution < -0.4 is 14.8 Å². The molecule has 0 radical (unpaired) electrons. The standard InChI is InChI=1S/C20H19NO5/c22-19(14-25-20(23)11-10-15-6-2-1-3-7-15)21-12-16-13-24-17-8-4-5-9-18(17)26-16/h1-11,16H,12-14H2,(H,21,22)/b11-10+/t16-/m1/s1. The molecule has 0 unspecified atom stereocenters. The van der Waals surface area contributed by atoms with Gasteiger partial charge in [0.1, 0.15) is 12.7 Å². The molecule has 6 heteroatoms. The lowest BCUT2D eigenvalue weighted by Gasteiger charge is -2.26. The van der Waals surface area contributed by atoms with Gasteiger partial charge in [0, 0.05) is 6.08 Å². The summed E-state index contributed by atoms with van der Waals surface area (Å²) in [6, 6.07) is 16.7. The van der Waals surface area contributed by atoms with Crippen LogP contribution in [0.5, 0.6) is 11.5 Å². The van der Waals surface area contributed by atoms with E-state index in [0.717, 1.165) is 5.56 Å². The maximum atomic E-state index is 11.8. The molecule has 1 amide bonds. The van der Waals surface area contributed by atoms with Crippen molar-refractivity contribution in [3.63, 3.8) is 0 Å². The van der Waals surface area contributed by atoms with Gasteiger partial charge >= 0.3 is 5.97 Å². The van der Waals surface area contributed by atoms with E-state index in [4.69, 9.17) is 14.2 Å². The minimum atomic E-state index is -0.574. The van der Waals surface area contributed by atoms with Crippen molar-refractivity contribution in [2.45, 2.75) is 6.10 Å². The van der Waals surface area contributed by atoms with Gasteiger partial charge in [-0.2, -0.15) is 0 Å². The van der Waals surface area contributed by atoms with Gasteiger partial charge in [-0.3, -0.25) is 4.79 Å². The highest BCUT2D eigenvalue weighted by atomic mass is 16.6. The molecule has 0 bridgehead atoms. The van der Waals surface area contributed by atoms with Crippen LogP contribution in [0.4, 0.5) is 0 Å². The van der Waals surface area contributed by atoms with Crippen LogP contribution in [-0.4, -0.2) is 37.7 Å². The van der Waals surface area contributed by atoms with Crippen LogP contribution >= 0.6 is 0 Å². The molecule has 1 N–H and O–H groups in total. The van der Waals surface area contributed by atoms with Crippen LogP contribution in [0.3, 0.4) is 0 Å². The van der Waals surface area contributed by atoms with Crippen molar-refractivity contribution in [3.05, 3.63) is 66.2 Å². The topological polar surface area (TPSA) is 73.9 Å². The summed E-state index contributed by atoms with van der Waals surface area (Å²) >= 11 is 0. The zero-order valence-corrected chi connectivity index (χ0v) is 14.1. The van der Waals surface area contributed by atoms with Crippen LogP contribution in [0.2, 0.25) is 0 Å². The Bertz CT molecular complexity index is 788. The second kappa shape index (κ2) is 8.71. The number of carbonyl (C=O) groups is 2. The smallest absolute Gasteiger partial charge is 0.331 e. The predicted molar refractivity (Wildman–Crippen MR) is 95.8 cm³/mol. The maximum Gasteiger partial charge on any atom is 0.331 e. The number of esters is 1. The van der Waals surface area contributed by atoms with E-state index in [-0.39, 0.29) is 19.3 Å². The van der Waals surface area contributed by atoms with Gasteiger partial charge in [-0.1, -0.05) is 42.5 Å². The number of rotatable bonds is 6. The highest BCUT2D eigenvalue weighted by Crippen LogP contribution is 2.30. The average Bonchev–Trinajstić information content (AvgIpc) is 2.69. The van der Waals surface area contributed by atoms with Crippen LogP contribution in [0.15, 0.2) is 60.7 Å². The molecular weight excluding hydrogens is 334 g/mol. The lowest BCUT2D eigenvalue weighted by Crippen LogP contribution is -2.42. The first-order chi connectivity index (χ1) is 12.7. The van der Waals surface area contributed by atoms with Gasteiger partial charge in [0.05, 0.1) is 6.54 Å². The molecule has 1 atom stereocenters. The molecule has 0 aliphatic carbocycles. The normalized spacial score (nSPS) is 15.5. The van der Waals surface area contributed by atoms with Gasteiger partial charge in [-0.05, 0) is 23.8 Å². The van der Waals surface area contributed by atoms with Crippen molar-refractivity contribution >= 4 is 18.0 Å². The number of carbonyl (C=O) groups excluding carboxylic acids is 2. The molecule has 2 aromatic carbocycles. The highest BCUT2D eigenvalue weighted by molar-refractivity contribution is 5.89. The van der Waals surface area contributed by atoms with E-state index in [9.17, 15) is 9.59 Å². The number of fused-ring (bicyclic) bond motifs is 1. The van der Waals surface area contributed by atoms with E-state index in [2.05, 4.69) is 5.32 Å². The number of ether oxygens (including phenoxy) is 3. The molecule has 0 saturated carbocycles. The van der Waals surface area contributed by atoms with Crippen LogP contribution in [0.25, 0.3) is 6.08 Å². The molecule has 26 heavy (non-hydrogen) atoms. The van der Waals surface area contributed by atoms with Crippen molar-refractivity contribution in [1.29, 1.82) is 0 Å². The van der Waals surface area contributed by atoms with Crippen LogP contribution in [0, 0.1) is 0 Å². The lowest BCUT2D eigenvalue weighted by atomic mass is 10.2. The number of nitrogens with one attached hydrogen (secondary N) is 1. The minimum Gasteiger partial charge on any atom is -0.486 e.